The molecule has 0 radical (unpaired) electrons. The van der Waals surface area contributed by atoms with E-state index in [9.17, 15) is 14.4 Å². The Labute approximate surface area is 168 Å². The Morgan fingerprint density at radius 1 is 1.28 bits per heavy atom. The summed E-state index contributed by atoms with van der Waals surface area (Å²) in [5.41, 5.74) is -0.941. The number of hydrogen-bond acceptors (Lipinski definition) is 6. The molecule has 29 heavy (non-hydrogen) atoms. The van der Waals surface area contributed by atoms with Crippen LogP contribution in [0.5, 0.6) is 5.75 Å². The van der Waals surface area contributed by atoms with Crippen LogP contribution in [0.1, 0.15) is 39.0 Å². The van der Waals surface area contributed by atoms with Gasteiger partial charge < -0.3 is 19.9 Å². The number of rotatable bonds is 5. The Morgan fingerprint density at radius 3 is 2.48 bits per heavy atom. The van der Waals surface area contributed by atoms with Gasteiger partial charge in [-0.15, -0.1) is 0 Å². The van der Waals surface area contributed by atoms with Crippen molar-refractivity contribution in [2.45, 2.75) is 38.6 Å². The number of carbonyl (C=O) groups excluding carboxylic acids is 3. The van der Waals surface area contributed by atoms with Crippen LogP contribution in [-0.2, 0) is 20.5 Å². The van der Waals surface area contributed by atoms with Crippen molar-refractivity contribution >= 4 is 23.7 Å². The molecule has 2 aromatic rings. The number of hydrogen-bond donors (Lipinski definition) is 2. The van der Waals surface area contributed by atoms with E-state index in [0.29, 0.717) is 17.1 Å². The first kappa shape index (κ1) is 20.4. The molecule has 9 nitrogen and oxygen atoms in total. The van der Waals surface area contributed by atoms with Gasteiger partial charge in [0.15, 0.2) is 5.82 Å². The van der Waals surface area contributed by atoms with Gasteiger partial charge in [0.2, 0.25) is 5.91 Å². The van der Waals surface area contributed by atoms with Crippen molar-refractivity contribution in [3.8, 4) is 5.75 Å². The van der Waals surface area contributed by atoms with Crippen molar-refractivity contribution in [2.24, 2.45) is 0 Å². The van der Waals surface area contributed by atoms with Gasteiger partial charge in [-0.25, -0.2) is 4.79 Å². The number of anilines is 1. The van der Waals surface area contributed by atoms with Gasteiger partial charge >= 0.3 is 6.03 Å². The molecule has 9 heteroatoms. The largest absolute Gasteiger partial charge is 0.497 e. The average Bonchev–Trinajstić information content (AvgIpc) is 3.21. The van der Waals surface area contributed by atoms with Crippen molar-refractivity contribution in [3.05, 3.63) is 41.7 Å². The van der Waals surface area contributed by atoms with E-state index in [0.717, 1.165) is 4.90 Å². The van der Waals surface area contributed by atoms with Gasteiger partial charge in [0.1, 0.15) is 23.6 Å². The zero-order valence-corrected chi connectivity index (χ0v) is 17.0. The minimum Gasteiger partial charge on any atom is -0.497 e. The molecule has 0 saturated carbocycles. The van der Waals surface area contributed by atoms with Gasteiger partial charge in [-0.1, -0.05) is 38.1 Å². The maximum absolute atomic E-state index is 12.9. The van der Waals surface area contributed by atoms with Gasteiger partial charge in [0.05, 0.1) is 7.11 Å². The molecule has 2 heterocycles. The maximum Gasteiger partial charge on any atom is 0.325 e. The fourth-order valence-corrected chi connectivity index (χ4v) is 2.97. The van der Waals surface area contributed by atoms with Crippen molar-refractivity contribution in [3.63, 3.8) is 0 Å². The lowest BCUT2D eigenvalue weighted by molar-refractivity contribution is -0.133. The molecule has 1 saturated heterocycles. The summed E-state index contributed by atoms with van der Waals surface area (Å²) in [7, 11) is 1.54. The second-order valence-corrected chi connectivity index (χ2v) is 8.05. The zero-order valence-electron chi connectivity index (χ0n) is 17.0. The summed E-state index contributed by atoms with van der Waals surface area (Å²) in [4.78, 5) is 38.5. The number of nitrogens with zero attached hydrogens (tertiary/aromatic N) is 2. The molecule has 1 aliphatic heterocycles. The van der Waals surface area contributed by atoms with Gasteiger partial charge in [-0.2, -0.15) is 0 Å². The molecule has 1 aromatic heterocycles. The summed E-state index contributed by atoms with van der Waals surface area (Å²) in [6, 6.07) is 7.78. The average molecular weight is 400 g/mol. The van der Waals surface area contributed by atoms with Crippen molar-refractivity contribution in [1.82, 2.24) is 15.4 Å². The van der Waals surface area contributed by atoms with E-state index in [1.54, 1.807) is 44.4 Å². The highest BCUT2D eigenvalue weighted by atomic mass is 16.5. The second kappa shape index (κ2) is 7.23. The first-order chi connectivity index (χ1) is 13.5. The van der Waals surface area contributed by atoms with Crippen molar-refractivity contribution in [1.29, 1.82) is 0 Å². The fraction of sp³-hybridized carbons (Fsp3) is 0.400. The second-order valence-electron chi connectivity index (χ2n) is 8.05. The first-order valence-electron chi connectivity index (χ1n) is 9.10. The van der Waals surface area contributed by atoms with E-state index in [4.69, 9.17) is 9.26 Å². The molecule has 1 unspecified atom stereocenters. The number of urea groups is 1. The van der Waals surface area contributed by atoms with Crippen LogP contribution in [-0.4, -0.2) is 41.6 Å². The maximum atomic E-state index is 12.9. The molecule has 1 fully saturated rings. The third-order valence-corrected chi connectivity index (χ3v) is 4.76. The van der Waals surface area contributed by atoms with Crippen LogP contribution in [0.15, 0.2) is 34.9 Å². The van der Waals surface area contributed by atoms with Crippen molar-refractivity contribution < 1.29 is 23.6 Å². The Morgan fingerprint density at radius 2 is 1.93 bits per heavy atom. The van der Waals surface area contributed by atoms with Crippen molar-refractivity contribution in [2.75, 3.05) is 19.0 Å². The third-order valence-electron chi connectivity index (χ3n) is 4.76. The monoisotopic (exact) mass is 400 g/mol. The topological polar surface area (TPSA) is 114 Å². The highest BCUT2D eigenvalue weighted by molar-refractivity contribution is 6.10. The quantitative estimate of drug-likeness (QED) is 0.745. The highest BCUT2D eigenvalue weighted by Crippen LogP contribution is 2.30. The summed E-state index contributed by atoms with van der Waals surface area (Å²) >= 11 is 0. The highest BCUT2D eigenvalue weighted by Gasteiger charge is 2.49. The standard InChI is InChI=1S/C20H24N4O5/c1-19(2,3)14-10-15(23-29-14)21-16(25)11-24-17(26)20(4,22-18(24)27)12-6-8-13(28-5)9-7-12/h6-10H,11H2,1-5H3,(H,22,27)(H,21,23,25). The van der Waals surface area contributed by atoms with Crippen LogP contribution >= 0.6 is 0 Å². The minimum atomic E-state index is -1.27. The van der Waals surface area contributed by atoms with E-state index in [-0.39, 0.29) is 11.2 Å². The summed E-state index contributed by atoms with van der Waals surface area (Å²) in [5, 5.41) is 9.01. The molecule has 2 N–H and O–H groups in total. The van der Waals surface area contributed by atoms with Crippen LogP contribution in [0, 0.1) is 0 Å². The number of imide groups is 1. The van der Waals surface area contributed by atoms with Gasteiger partial charge in [0.25, 0.3) is 5.91 Å². The molecular weight excluding hydrogens is 376 g/mol. The third kappa shape index (κ3) is 3.94. The molecule has 3 rings (SSSR count). The molecule has 0 aliphatic carbocycles. The normalized spacial score (nSPS) is 19.3. The van der Waals surface area contributed by atoms with Crippen LogP contribution in [0.3, 0.4) is 0 Å². The molecule has 0 bridgehead atoms. The predicted molar refractivity (Wildman–Crippen MR) is 104 cm³/mol. The Balaban J connectivity index is 1.71. The lowest BCUT2D eigenvalue weighted by Gasteiger charge is -2.22. The van der Waals surface area contributed by atoms with E-state index >= 15 is 0 Å². The van der Waals surface area contributed by atoms with Gasteiger partial charge in [-0.05, 0) is 24.6 Å². The Hall–Kier alpha value is -3.36. The van der Waals surface area contributed by atoms with E-state index in [2.05, 4.69) is 15.8 Å². The number of carbonyl (C=O) groups is 3. The number of ether oxygens (including phenoxy) is 1. The fourth-order valence-electron chi connectivity index (χ4n) is 2.97. The predicted octanol–water partition coefficient (Wildman–Crippen LogP) is 2.39. The van der Waals surface area contributed by atoms with E-state index in [1.165, 1.54) is 0 Å². The molecule has 1 atom stereocenters. The number of aromatic nitrogens is 1. The summed E-state index contributed by atoms with van der Waals surface area (Å²) < 4.78 is 10.3. The van der Waals surface area contributed by atoms with Crippen LogP contribution in [0.25, 0.3) is 0 Å². The van der Waals surface area contributed by atoms with E-state index < -0.39 is 29.9 Å². The smallest absolute Gasteiger partial charge is 0.325 e. The molecule has 1 aromatic carbocycles. The van der Waals surface area contributed by atoms with Gasteiger partial charge in [0, 0.05) is 11.5 Å². The van der Waals surface area contributed by atoms with Gasteiger partial charge in [-0.3, -0.25) is 14.5 Å². The van der Waals surface area contributed by atoms with E-state index in [1.807, 2.05) is 20.8 Å². The Kier molecular flexibility index (Phi) is 5.08. The summed E-state index contributed by atoms with van der Waals surface area (Å²) in [5.74, 6) is 0.395. The molecule has 1 aliphatic rings. The number of amides is 4. The molecule has 154 valence electrons. The number of methoxy groups -OCH3 is 1. The lowest BCUT2D eigenvalue weighted by atomic mass is 9.92. The lowest BCUT2D eigenvalue weighted by Crippen LogP contribution is -2.42. The first-order valence-corrected chi connectivity index (χ1v) is 9.10. The van der Waals surface area contributed by atoms with Crippen LogP contribution < -0.4 is 15.4 Å². The summed E-state index contributed by atoms with van der Waals surface area (Å²) in [6.07, 6.45) is 0. The number of benzene rings is 1. The zero-order chi connectivity index (χ0) is 21.4. The molecule has 4 amide bonds. The minimum absolute atomic E-state index is 0.227. The number of nitrogens with one attached hydrogen (secondary N) is 2. The Bertz CT molecular complexity index is 945. The van der Waals surface area contributed by atoms with Crippen LogP contribution in [0.2, 0.25) is 0 Å². The SMILES string of the molecule is COc1ccc(C2(C)NC(=O)N(CC(=O)Nc3cc(C(C)(C)C)on3)C2=O)cc1. The molecular formula is C20H24N4O5. The van der Waals surface area contributed by atoms with Crippen LogP contribution in [0.4, 0.5) is 10.6 Å². The molecule has 0 spiro atoms. The summed E-state index contributed by atoms with van der Waals surface area (Å²) in [6.45, 7) is 7.01.